The third-order valence-electron chi connectivity index (χ3n) is 4.81. The third kappa shape index (κ3) is 5.17. The van der Waals surface area contributed by atoms with Gasteiger partial charge in [0.2, 0.25) is 0 Å². The Bertz CT molecular complexity index is 1200. The van der Waals surface area contributed by atoms with Gasteiger partial charge in [-0.3, -0.25) is 4.98 Å². The molecule has 3 rings (SSSR count). The Kier molecular flexibility index (Phi) is 6.71. The first-order valence-electron chi connectivity index (χ1n) is 10.1. The van der Waals surface area contributed by atoms with Crippen molar-refractivity contribution in [2.75, 3.05) is 6.54 Å². The number of aliphatic hydroxyl groups excluding tert-OH is 1. The van der Waals surface area contributed by atoms with Crippen LogP contribution in [0.1, 0.15) is 31.9 Å². The van der Waals surface area contributed by atoms with Gasteiger partial charge in [-0.25, -0.2) is 17.2 Å². The molecule has 0 fully saturated rings. The zero-order chi connectivity index (χ0) is 23.5. The zero-order valence-corrected chi connectivity index (χ0v) is 19.1. The van der Waals surface area contributed by atoms with Crippen LogP contribution in [-0.4, -0.2) is 45.1 Å². The fraction of sp³-hybridized carbons (Fsp3) is 0.304. The van der Waals surface area contributed by atoms with Crippen LogP contribution < -0.4 is 0 Å². The van der Waals surface area contributed by atoms with Gasteiger partial charge in [-0.2, -0.15) is 0 Å². The lowest BCUT2D eigenvalue weighted by Crippen LogP contribution is -2.36. The molecule has 1 amide bonds. The number of amides is 1. The molecule has 0 aliphatic rings. The van der Waals surface area contributed by atoms with Gasteiger partial charge in [0.25, 0.3) is 10.0 Å². The lowest BCUT2D eigenvalue weighted by molar-refractivity contribution is 0.123. The number of carboxylic acid groups (broad SMARTS) is 1. The molecule has 0 radical (unpaired) electrons. The van der Waals surface area contributed by atoms with E-state index >= 15 is 0 Å². The number of pyridine rings is 1. The molecule has 0 saturated heterocycles. The fourth-order valence-electron chi connectivity index (χ4n) is 3.48. The van der Waals surface area contributed by atoms with Crippen LogP contribution in [0.3, 0.4) is 0 Å². The van der Waals surface area contributed by atoms with Crippen molar-refractivity contribution in [3.05, 3.63) is 72.2 Å². The monoisotopic (exact) mass is 457 g/mol. The van der Waals surface area contributed by atoms with Gasteiger partial charge in [0.1, 0.15) is 4.90 Å². The summed E-state index contributed by atoms with van der Waals surface area (Å²) in [6.45, 7) is 5.84. The Labute approximate surface area is 187 Å². The van der Waals surface area contributed by atoms with Crippen LogP contribution in [0, 0.1) is 5.41 Å². The number of aliphatic hydroxyl groups is 1. The summed E-state index contributed by atoms with van der Waals surface area (Å²) < 4.78 is 28.0. The largest absolute Gasteiger partial charge is 0.465 e. The van der Waals surface area contributed by atoms with E-state index in [1.807, 2.05) is 20.8 Å². The van der Waals surface area contributed by atoms with Gasteiger partial charge >= 0.3 is 6.09 Å². The molecule has 8 nitrogen and oxygen atoms in total. The molecule has 170 valence electrons. The Morgan fingerprint density at radius 1 is 1.16 bits per heavy atom. The minimum Gasteiger partial charge on any atom is -0.465 e. The molecule has 0 unspecified atom stereocenters. The van der Waals surface area contributed by atoms with Gasteiger partial charge in [-0.15, -0.1) is 0 Å². The Morgan fingerprint density at radius 3 is 2.47 bits per heavy atom. The first-order valence-corrected chi connectivity index (χ1v) is 11.5. The van der Waals surface area contributed by atoms with Crippen LogP contribution in [0.2, 0.25) is 0 Å². The Hall–Kier alpha value is -3.17. The number of aromatic nitrogens is 2. The maximum Gasteiger partial charge on any atom is 0.407 e. The van der Waals surface area contributed by atoms with Gasteiger partial charge < -0.3 is 15.1 Å². The highest BCUT2D eigenvalue weighted by Crippen LogP contribution is 2.30. The van der Waals surface area contributed by atoms with E-state index in [0.717, 1.165) is 3.97 Å². The van der Waals surface area contributed by atoms with Crippen molar-refractivity contribution >= 4 is 16.1 Å². The highest BCUT2D eigenvalue weighted by Gasteiger charge is 2.26. The molecule has 9 heteroatoms. The molecule has 0 aliphatic carbocycles. The number of hydrogen-bond donors (Lipinski definition) is 2. The number of benzene rings is 1. The van der Waals surface area contributed by atoms with Crippen molar-refractivity contribution in [3.63, 3.8) is 0 Å². The van der Waals surface area contributed by atoms with E-state index in [0.29, 0.717) is 22.4 Å². The molecule has 0 atom stereocenters. The Morgan fingerprint density at radius 2 is 1.88 bits per heavy atom. The van der Waals surface area contributed by atoms with Crippen molar-refractivity contribution in [1.29, 1.82) is 0 Å². The molecule has 0 saturated carbocycles. The van der Waals surface area contributed by atoms with E-state index in [1.54, 1.807) is 30.3 Å². The highest BCUT2D eigenvalue weighted by molar-refractivity contribution is 7.90. The lowest BCUT2D eigenvalue weighted by Gasteiger charge is -2.27. The highest BCUT2D eigenvalue weighted by atomic mass is 32.2. The summed E-state index contributed by atoms with van der Waals surface area (Å²) in [4.78, 5) is 17.0. The van der Waals surface area contributed by atoms with Crippen molar-refractivity contribution in [2.45, 2.75) is 38.8 Å². The van der Waals surface area contributed by atoms with Gasteiger partial charge in [0.05, 0.1) is 18.8 Å². The van der Waals surface area contributed by atoms with Crippen molar-refractivity contribution in [3.8, 4) is 11.3 Å². The summed E-state index contributed by atoms with van der Waals surface area (Å²) in [6.07, 6.45) is 3.10. The topological polar surface area (TPSA) is 113 Å². The summed E-state index contributed by atoms with van der Waals surface area (Å²) in [6, 6.07) is 11.6. The molecule has 2 N–H and O–H groups in total. The summed E-state index contributed by atoms with van der Waals surface area (Å²) in [7, 11) is -4.01. The summed E-state index contributed by atoms with van der Waals surface area (Å²) in [5.74, 6) is 0. The lowest BCUT2D eigenvalue weighted by atomic mass is 9.96. The number of nitrogens with zero attached hydrogens (tertiary/aromatic N) is 3. The molecule has 0 aliphatic heterocycles. The SMILES string of the molecule is CC(C)(C)CN(Cc1cc(-c2ccccc2CO)n(S(=O)(=O)c2cccnc2)c1)C(=O)O. The minimum absolute atomic E-state index is 0.00895. The summed E-state index contributed by atoms with van der Waals surface area (Å²) in [5.41, 5.74) is 1.70. The number of rotatable bonds is 7. The van der Waals surface area contributed by atoms with E-state index in [2.05, 4.69) is 4.98 Å². The van der Waals surface area contributed by atoms with E-state index in [-0.39, 0.29) is 30.0 Å². The van der Waals surface area contributed by atoms with E-state index < -0.39 is 16.1 Å². The predicted octanol–water partition coefficient (Wildman–Crippen LogP) is 3.81. The number of carbonyl (C=O) groups is 1. The van der Waals surface area contributed by atoms with Gasteiger partial charge in [-0.1, -0.05) is 45.0 Å². The smallest absolute Gasteiger partial charge is 0.407 e. The molecule has 32 heavy (non-hydrogen) atoms. The quantitative estimate of drug-likeness (QED) is 0.558. The number of hydrogen-bond acceptors (Lipinski definition) is 5. The molecule has 3 aromatic rings. The summed E-state index contributed by atoms with van der Waals surface area (Å²) in [5, 5.41) is 19.5. The average molecular weight is 458 g/mol. The van der Waals surface area contributed by atoms with E-state index in [9.17, 15) is 23.4 Å². The Balaban J connectivity index is 2.15. The molecule has 0 bridgehead atoms. The van der Waals surface area contributed by atoms with E-state index in [1.165, 1.54) is 35.6 Å². The fourth-order valence-corrected chi connectivity index (χ4v) is 4.84. The molecule has 2 heterocycles. The molecule has 1 aromatic carbocycles. The van der Waals surface area contributed by atoms with Gasteiger partial charge in [0, 0.05) is 30.7 Å². The van der Waals surface area contributed by atoms with Gasteiger partial charge in [-0.05, 0) is 34.7 Å². The van der Waals surface area contributed by atoms with Crippen LogP contribution in [0.25, 0.3) is 11.3 Å². The second-order valence-electron chi connectivity index (χ2n) is 8.74. The minimum atomic E-state index is -4.01. The van der Waals surface area contributed by atoms with E-state index in [4.69, 9.17) is 0 Å². The van der Waals surface area contributed by atoms with Crippen LogP contribution in [-0.2, 0) is 23.2 Å². The van der Waals surface area contributed by atoms with Crippen LogP contribution in [0.5, 0.6) is 0 Å². The van der Waals surface area contributed by atoms with Crippen molar-refractivity contribution in [2.24, 2.45) is 5.41 Å². The standard InChI is InChI=1S/C23H27N3O5S/c1-23(2,3)16-25(22(28)29)13-17-11-21(20-9-5-4-7-18(20)15-27)26(14-17)32(30,31)19-8-6-10-24-12-19/h4-12,14,27H,13,15-16H2,1-3H3,(H,28,29). The third-order valence-corrected chi connectivity index (χ3v) is 6.46. The second kappa shape index (κ2) is 9.13. The molecule has 2 aromatic heterocycles. The zero-order valence-electron chi connectivity index (χ0n) is 18.3. The van der Waals surface area contributed by atoms with Crippen LogP contribution in [0.15, 0.2) is 66.0 Å². The summed E-state index contributed by atoms with van der Waals surface area (Å²) >= 11 is 0. The van der Waals surface area contributed by atoms with Crippen LogP contribution >= 0.6 is 0 Å². The van der Waals surface area contributed by atoms with Gasteiger partial charge in [0.15, 0.2) is 0 Å². The van der Waals surface area contributed by atoms with Crippen LogP contribution in [0.4, 0.5) is 4.79 Å². The first kappa shape index (κ1) is 23.5. The van der Waals surface area contributed by atoms with Crippen molar-refractivity contribution < 1.29 is 23.4 Å². The molecular formula is C23H27N3O5S. The van der Waals surface area contributed by atoms with Crippen molar-refractivity contribution in [1.82, 2.24) is 13.9 Å². The molecular weight excluding hydrogens is 430 g/mol. The molecule has 0 spiro atoms. The second-order valence-corrected chi connectivity index (χ2v) is 10.6. The maximum absolute atomic E-state index is 13.4. The predicted molar refractivity (Wildman–Crippen MR) is 121 cm³/mol. The average Bonchev–Trinajstić information content (AvgIpc) is 3.17. The first-order chi connectivity index (χ1) is 15.0. The normalized spacial score (nSPS) is 12.0. The maximum atomic E-state index is 13.4.